The molecule has 0 unspecified atom stereocenters. The minimum Gasteiger partial charge on any atom is -0.482 e. The van der Waals surface area contributed by atoms with Crippen LogP contribution < -0.4 is 9.64 Å². The van der Waals surface area contributed by atoms with Gasteiger partial charge in [-0.3, -0.25) is 0 Å². The fourth-order valence-electron chi connectivity index (χ4n) is 3.10. The molecule has 2 aromatic carbocycles. The van der Waals surface area contributed by atoms with Gasteiger partial charge in [0.2, 0.25) is 0 Å². The highest BCUT2D eigenvalue weighted by atomic mass is 16.6. The summed E-state index contributed by atoms with van der Waals surface area (Å²) in [5, 5.41) is 0. The molecule has 0 aliphatic heterocycles. The van der Waals surface area contributed by atoms with Gasteiger partial charge >= 0.3 is 11.9 Å². The molecule has 0 saturated carbocycles. The maximum atomic E-state index is 12.0. The zero-order valence-corrected chi connectivity index (χ0v) is 19.1. The fourth-order valence-corrected chi connectivity index (χ4v) is 3.10. The number of ether oxygens (including phenoxy) is 3. The van der Waals surface area contributed by atoms with E-state index in [1.165, 1.54) is 7.11 Å². The van der Waals surface area contributed by atoms with Gasteiger partial charge in [0.1, 0.15) is 11.4 Å². The summed E-state index contributed by atoms with van der Waals surface area (Å²) in [6, 6.07) is 14.9. The van der Waals surface area contributed by atoms with Crippen LogP contribution in [0.3, 0.4) is 0 Å². The Balaban J connectivity index is 2.23. The molecule has 0 fully saturated rings. The van der Waals surface area contributed by atoms with E-state index in [0.29, 0.717) is 11.3 Å². The summed E-state index contributed by atoms with van der Waals surface area (Å²) in [7, 11) is 1.37. The van der Waals surface area contributed by atoms with Crippen LogP contribution >= 0.6 is 0 Å². The van der Waals surface area contributed by atoms with Gasteiger partial charge in [0, 0.05) is 24.0 Å². The summed E-state index contributed by atoms with van der Waals surface area (Å²) < 4.78 is 15.8. The molecular formula is C25H33NO5. The van der Waals surface area contributed by atoms with Crippen LogP contribution in [0.4, 0.5) is 11.4 Å². The lowest BCUT2D eigenvalue weighted by Gasteiger charge is -2.26. The average molecular weight is 428 g/mol. The average Bonchev–Trinajstić information content (AvgIpc) is 2.74. The van der Waals surface area contributed by atoms with E-state index in [4.69, 9.17) is 14.2 Å². The third-order valence-corrected chi connectivity index (χ3v) is 4.47. The summed E-state index contributed by atoms with van der Waals surface area (Å²) >= 11 is 0. The summed E-state index contributed by atoms with van der Waals surface area (Å²) in [6.45, 7) is 8.25. The number of esters is 2. The van der Waals surface area contributed by atoms with E-state index in [-0.39, 0.29) is 12.6 Å². The van der Waals surface area contributed by atoms with E-state index in [1.807, 2.05) is 63.2 Å². The van der Waals surface area contributed by atoms with Crippen molar-refractivity contribution in [1.29, 1.82) is 0 Å². The number of carbonyl (C=O) groups is 2. The van der Waals surface area contributed by atoms with Crippen molar-refractivity contribution in [1.82, 2.24) is 0 Å². The molecule has 6 nitrogen and oxygen atoms in total. The molecule has 0 radical (unpaired) electrons. The Labute approximate surface area is 185 Å². The number of rotatable bonds is 10. The predicted molar refractivity (Wildman–Crippen MR) is 122 cm³/mol. The van der Waals surface area contributed by atoms with Gasteiger partial charge in [-0.2, -0.15) is 0 Å². The summed E-state index contributed by atoms with van der Waals surface area (Å²) in [6.07, 6.45) is 3.21. The van der Waals surface area contributed by atoms with Crippen LogP contribution in [0.5, 0.6) is 5.75 Å². The fraction of sp³-hybridized carbons (Fsp3) is 0.440. The smallest absolute Gasteiger partial charge is 0.344 e. The van der Waals surface area contributed by atoms with Crippen LogP contribution in [0.1, 0.15) is 57.3 Å². The zero-order chi connectivity index (χ0) is 22.9. The van der Waals surface area contributed by atoms with E-state index < -0.39 is 11.6 Å². The topological polar surface area (TPSA) is 65.1 Å². The van der Waals surface area contributed by atoms with Crippen LogP contribution in [-0.2, 0) is 14.3 Å². The number of unbranched alkanes of at least 4 members (excludes halogenated alkanes) is 2. The molecule has 0 bridgehead atoms. The molecule has 0 atom stereocenters. The van der Waals surface area contributed by atoms with E-state index in [0.717, 1.165) is 37.2 Å². The highest BCUT2D eigenvalue weighted by Crippen LogP contribution is 2.30. The normalized spacial score (nSPS) is 11.0. The highest BCUT2D eigenvalue weighted by molar-refractivity contribution is 5.90. The Morgan fingerprint density at radius 2 is 1.65 bits per heavy atom. The maximum absolute atomic E-state index is 12.0. The molecule has 31 heavy (non-hydrogen) atoms. The van der Waals surface area contributed by atoms with Gasteiger partial charge in [-0.15, -0.1) is 0 Å². The Morgan fingerprint density at radius 1 is 0.968 bits per heavy atom. The van der Waals surface area contributed by atoms with Gasteiger partial charge < -0.3 is 19.1 Å². The molecule has 6 heteroatoms. The number of hydrogen-bond donors (Lipinski definition) is 0. The molecule has 0 saturated heterocycles. The van der Waals surface area contributed by atoms with E-state index in [2.05, 4.69) is 11.8 Å². The number of anilines is 2. The molecule has 0 amide bonds. The minimum absolute atomic E-state index is 0.158. The zero-order valence-electron chi connectivity index (χ0n) is 19.1. The Kier molecular flexibility index (Phi) is 8.91. The predicted octanol–water partition coefficient (Wildman–Crippen LogP) is 5.52. The molecule has 168 valence electrons. The number of methoxy groups -OCH3 is 1. The lowest BCUT2D eigenvalue weighted by atomic mass is 10.1. The third kappa shape index (κ3) is 7.96. The van der Waals surface area contributed by atoms with Crippen molar-refractivity contribution >= 4 is 23.3 Å². The highest BCUT2D eigenvalue weighted by Gasteiger charge is 2.17. The second-order valence-electron chi connectivity index (χ2n) is 8.27. The Morgan fingerprint density at radius 3 is 2.29 bits per heavy atom. The number of carbonyl (C=O) groups excluding carboxylic acids is 2. The first-order valence-electron chi connectivity index (χ1n) is 10.6. The first kappa shape index (κ1) is 24.3. The SMILES string of the molecule is CCCCCN(c1cccc(OCC(=O)OC(C)(C)C)c1)c1cccc(C(=O)OC)c1. The molecule has 0 heterocycles. The maximum Gasteiger partial charge on any atom is 0.344 e. The van der Waals surface area contributed by atoms with E-state index in [9.17, 15) is 9.59 Å². The first-order chi connectivity index (χ1) is 14.7. The van der Waals surface area contributed by atoms with Crippen LogP contribution in [0.2, 0.25) is 0 Å². The van der Waals surface area contributed by atoms with Crippen LogP contribution in [0.25, 0.3) is 0 Å². The molecule has 0 spiro atoms. The molecule has 0 N–H and O–H groups in total. The van der Waals surface area contributed by atoms with Crippen LogP contribution in [0, 0.1) is 0 Å². The minimum atomic E-state index is -0.553. The monoisotopic (exact) mass is 427 g/mol. The number of benzene rings is 2. The molecule has 2 rings (SSSR count). The quantitative estimate of drug-likeness (QED) is 0.367. The van der Waals surface area contributed by atoms with Gasteiger partial charge in [0.15, 0.2) is 6.61 Å². The van der Waals surface area contributed by atoms with Crippen molar-refractivity contribution in [2.75, 3.05) is 25.2 Å². The van der Waals surface area contributed by atoms with E-state index >= 15 is 0 Å². The summed E-state index contributed by atoms with van der Waals surface area (Å²) in [4.78, 5) is 26.1. The lowest BCUT2D eigenvalue weighted by molar-refractivity contribution is -0.157. The standard InChI is InChI=1S/C25H33NO5/c1-6-7-8-15-26(20-12-9-11-19(16-20)24(28)29-5)21-13-10-14-22(17-21)30-18-23(27)31-25(2,3)4/h9-14,16-17H,6-8,15,18H2,1-5H3. The van der Waals surface area contributed by atoms with E-state index in [1.54, 1.807) is 6.07 Å². The van der Waals surface area contributed by atoms with Crippen molar-refractivity contribution in [2.24, 2.45) is 0 Å². The molecule has 2 aromatic rings. The first-order valence-corrected chi connectivity index (χ1v) is 10.6. The van der Waals surface area contributed by atoms with Crippen LogP contribution in [-0.4, -0.2) is 37.8 Å². The largest absolute Gasteiger partial charge is 0.482 e. The van der Waals surface area contributed by atoms with Gasteiger partial charge in [-0.25, -0.2) is 9.59 Å². The number of nitrogens with zero attached hydrogens (tertiary/aromatic N) is 1. The third-order valence-electron chi connectivity index (χ3n) is 4.47. The van der Waals surface area contributed by atoms with Gasteiger partial charge in [-0.1, -0.05) is 31.9 Å². The number of hydrogen-bond acceptors (Lipinski definition) is 6. The van der Waals surface area contributed by atoms with Crippen molar-refractivity contribution in [2.45, 2.75) is 52.6 Å². The molecule has 0 aliphatic carbocycles. The van der Waals surface area contributed by atoms with Crippen LogP contribution in [0.15, 0.2) is 48.5 Å². The molecule has 0 aromatic heterocycles. The Hall–Kier alpha value is -3.02. The second kappa shape index (κ2) is 11.4. The second-order valence-corrected chi connectivity index (χ2v) is 8.27. The Bertz CT molecular complexity index is 872. The van der Waals surface area contributed by atoms with Gasteiger partial charge in [-0.05, 0) is 57.5 Å². The van der Waals surface area contributed by atoms with Crippen molar-refractivity contribution in [3.8, 4) is 5.75 Å². The van der Waals surface area contributed by atoms with Crippen molar-refractivity contribution in [3.63, 3.8) is 0 Å². The lowest BCUT2D eigenvalue weighted by Crippen LogP contribution is -2.27. The van der Waals surface area contributed by atoms with Gasteiger partial charge in [0.25, 0.3) is 0 Å². The summed E-state index contributed by atoms with van der Waals surface area (Å²) in [5.41, 5.74) is 1.75. The molecule has 0 aliphatic rings. The van der Waals surface area contributed by atoms with Crippen molar-refractivity contribution in [3.05, 3.63) is 54.1 Å². The summed E-state index contributed by atoms with van der Waals surface area (Å²) in [5.74, 6) is -0.207. The molecular weight excluding hydrogens is 394 g/mol. The van der Waals surface area contributed by atoms with Gasteiger partial charge in [0.05, 0.1) is 12.7 Å². The van der Waals surface area contributed by atoms with Crippen molar-refractivity contribution < 1.29 is 23.8 Å².